The number of nitrogens with zero attached hydrogens (tertiary/aromatic N) is 1. The van der Waals surface area contributed by atoms with Crippen molar-refractivity contribution in [2.75, 3.05) is 19.4 Å². The Kier molecular flexibility index (Phi) is 10.7. The highest BCUT2D eigenvalue weighted by Gasteiger charge is 2.26. The number of amides is 2. The lowest BCUT2D eigenvalue weighted by atomic mass is 9.99. The first-order valence-electron chi connectivity index (χ1n) is 12.6. The molecule has 0 heterocycles. The number of benzene rings is 3. The topological polar surface area (TPSA) is 144 Å². The predicted molar refractivity (Wildman–Crippen MR) is 156 cm³/mol. The summed E-state index contributed by atoms with van der Waals surface area (Å²) < 4.78 is 25.1. The zero-order valence-corrected chi connectivity index (χ0v) is 24.2. The van der Waals surface area contributed by atoms with Gasteiger partial charge in [0.1, 0.15) is 0 Å². The number of carboxylic acid groups (broad SMARTS) is 1. The molecule has 11 heteroatoms. The first kappa shape index (κ1) is 31.2. The fourth-order valence-corrected chi connectivity index (χ4v) is 5.63. The van der Waals surface area contributed by atoms with E-state index in [2.05, 4.69) is 0 Å². The molecule has 0 aliphatic rings. The molecule has 40 heavy (non-hydrogen) atoms. The Labute approximate surface area is 238 Å². The van der Waals surface area contributed by atoms with E-state index in [9.17, 15) is 33.3 Å². The first-order valence-corrected chi connectivity index (χ1v) is 15.4. The largest absolute Gasteiger partial charge is 0.465 e. The SMILES string of the molecule is CC(C)Sc1cc(-c2ccc(C[C@@H](CO)N(C[C@@H](O)c3ccccc3)C(=O)O)cc2)ccc1C(=O)NS(C)(=O)=O. The molecule has 3 aromatic rings. The van der Waals surface area contributed by atoms with E-state index in [1.165, 1.54) is 11.8 Å². The van der Waals surface area contributed by atoms with Crippen LogP contribution >= 0.6 is 11.8 Å². The van der Waals surface area contributed by atoms with Crippen LogP contribution in [-0.2, 0) is 16.4 Å². The number of carbonyl (C=O) groups is 2. The standard InChI is InChI=1S/C29H34N2O7S2/c1-19(2)39-27-16-23(13-14-25(27)28(34)30-40(3,37)38)21-11-9-20(10-12-21)15-24(18-32)31(29(35)36)17-26(33)22-7-5-4-6-8-22/h4-14,16,19,24,26,32-33H,15,17-18H2,1-3H3,(H,30,34)(H,35,36)/t24-,26+/m0/s1. The van der Waals surface area contributed by atoms with E-state index in [0.717, 1.165) is 27.8 Å². The number of rotatable bonds is 12. The van der Waals surface area contributed by atoms with E-state index in [4.69, 9.17) is 0 Å². The number of sulfonamides is 1. The summed E-state index contributed by atoms with van der Waals surface area (Å²) >= 11 is 1.45. The van der Waals surface area contributed by atoms with Crippen molar-refractivity contribution in [3.05, 3.63) is 89.5 Å². The molecule has 9 nitrogen and oxygen atoms in total. The Balaban J connectivity index is 1.80. The minimum atomic E-state index is -3.71. The summed E-state index contributed by atoms with van der Waals surface area (Å²) in [4.78, 5) is 26.2. The quantitative estimate of drug-likeness (QED) is 0.232. The van der Waals surface area contributed by atoms with Gasteiger partial charge in [-0.3, -0.25) is 9.69 Å². The molecule has 0 aromatic heterocycles. The number of nitrogens with one attached hydrogen (secondary N) is 1. The molecule has 0 fully saturated rings. The Morgan fingerprint density at radius 2 is 1.60 bits per heavy atom. The van der Waals surface area contributed by atoms with Crippen molar-refractivity contribution in [2.24, 2.45) is 0 Å². The molecule has 0 aliphatic carbocycles. The molecule has 0 aliphatic heterocycles. The van der Waals surface area contributed by atoms with Crippen LogP contribution in [0.4, 0.5) is 4.79 Å². The summed E-state index contributed by atoms with van der Waals surface area (Å²) in [5, 5.41) is 30.5. The third-order valence-electron chi connectivity index (χ3n) is 6.08. The van der Waals surface area contributed by atoms with Crippen molar-refractivity contribution in [1.29, 1.82) is 0 Å². The van der Waals surface area contributed by atoms with Gasteiger partial charge in [-0.2, -0.15) is 0 Å². The van der Waals surface area contributed by atoms with Crippen LogP contribution in [-0.4, -0.2) is 71.3 Å². The van der Waals surface area contributed by atoms with E-state index in [-0.39, 0.29) is 23.8 Å². The van der Waals surface area contributed by atoms with Crippen LogP contribution in [0.3, 0.4) is 0 Å². The van der Waals surface area contributed by atoms with Crippen LogP contribution in [0.25, 0.3) is 11.1 Å². The number of aliphatic hydroxyl groups excluding tert-OH is 2. The van der Waals surface area contributed by atoms with E-state index in [1.54, 1.807) is 42.5 Å². The maximum Gasteiger partial charge on any atom is 0.407 e. The van der Waals surface area contributed by atoms with Crippen LogP contribution in [0.15, 0.2) is 77.7 Å². The van der Waals surface area contributed by atoms with Gasteiger partial charge in [-0.05, 0) is 40.8 Å². The molecule has 3 rings (SSSR count). The van der Waals surface area contributed by atoms with E-state index >= 15 is 0 Å². The fourth-order valence-electron chi connectivity index (χ4n) is 4.19. The second-order valence-corrected chi connectivity index (χ2v) is 13.0. The summed E-state index contributed by atoms with van der Waals surface area (Å²) in [5.41, 5.74) is 3.32. The zero-order valence-electron chi connectivity index (χ0n) is 22.5. The molecule has 3 aromatic carbocycles. The third-order valence-corrected chi connectivity index (χ3v) is 7.70. The molecule has 0 radical (unpaired) electrons. The minimum absolute atomic E-state index is 0.149. The Hall–Kier alpha value is -3.38. The molecule has 0 unspecified atom stereocenters. The van der Waals surface area contributed by atoms with Gasteiger partial charge in [0.05, 0.1) is 37.1 Å². The maximum absolute atomic E-state index is 12.6. The lowest BCUT2D eigenvalue weighted by Gasteiger charge is -2.30. The molecule has 4 N–H and O–H groups in total. The van der Waals surface area contributed by atoms with Crippen LogP contribution in [0.5, 0.6) is 0 Å². The Bertz CT molecular complexity index is 1410. The molecule has 0 bridgehead atoms. The molecular formula is C29H34N2O7S2. The summed E-state index contributed by atoms with van der Waals surface area (Å²) in [6.45, 7) is 3.35. The van der Waals surface area contributed by atoms with E-state index < -0.39 is 40.8 Å². The molecule has 2 amide bonds. The molecular weight excluding hydrogens is 552 g/mol. The van der Waals surface area contributed by atoms with Crippen LogP contribution in [0.1, 0.15) is 41.4 Å². The maximum atomic E-state index is 12.6. The van der Waals surface area contributed by atoms with Crippen LogP contribution in [0, 0.1) is 0 Å². The van der Waals surface area contributed by atoms with Gasteiger partial charge in [-0.25, -0.2) is 17.9 Å². The number of hydrogen-bond donors (Lipinski definition) is 4. The van der Waals surface area contributed by atoms with E-state index in [1.807, 2.05) is 48.9 Å². The highest BCUT2D eigenvalue weighted by molar-refractivity contribution is 8.00. The normalized spacial score (nSPS) is 13.1. The van der Waals surface area contributed by atoms with E-state index in [0.29, 0.717) is 10.5 Å². The highest BCUT2D eigenvalue weighted by Crippen LogP contribution is 2.32. The zero-order chi connectivity index (χ0) is 29.4. The third kappa shape index (κ3) is 8.82. The van der Waals surface area contributed by atoms with Gasteiger partial charge in [-0.15, -0.1) is 11.8 Å². The summed E-state index contributed by atoms with van der Waals surface area (Å²) in [5.74, 6) is -0.692. The van der Waals surface area contributed by atoms with Crippen molar-refractivity contribution in [3.8, 4) is 11.1 Å². The summed E-state index contributed by atoms with van der Waals surface area (Å²) in [6, 6.07) is 20.6. The lowest BCUT2D eigenvalue weighted by molar-refractivity contribution is 0.0582. The highest BCUT2D eigenvalue weighted by atomic mass is 32.2. The van der Waals surface area contributed by atoms with Gasteiger partial charge >= 0.3 is 6.09 Å². The summed E-state index contributed by atoms with van der Waals surface area (Å²) in [7, 11) is -3.71. The first-order chi connectivity index (χ1) is 18.9. The minimum Gasteiger partial charge on any atom is -0.465 e. The number of thioether (sulfide) groups is 1. The van der Waals surface area contributed by atoms with Crippen molar-refractivity contribution < 1.29 is 33.3 Å². The number of hydrogen-bond acceptors (Lipinski definition) is 7. The summed E-state index contributed by atoms with van der Waals surface area (Å²) in [6.07, 6.45) is -1.10. The predicted octanol–water partition coefficient (Wildman–Crippen LogP) is 4.16. The Morgan fingerprint density at radius 3 is 2.15 bits per heavy atom. The Morgan fingerprint density at radius 1 is 0.975 bits per heavy atom. The number of aliphatic hydroxyl groups is 2. The molecule has 0 spiro atoms. The van der Waals surface area contributed by atoms with Crippen molar-refractivity contribution in [1.82, 2.24) is 9.62 Å². The van der Waals surface area contributed by atoms with Gasteiger partial charge in [0.25, 0.3) is 5.91 Å². The van der Waals surface area contributed by atoms with Crippen molar-refractivity contribution in [3.63, 3.8) is 0 Å². The molecule has 0 saturated carbocycles. The van der Waals surface area contributed by atoms with Gasteiger partial charge in [-0.1, -0.05) is 74.5 Å². The van der Waals surface area contributed by atoms with Gasteiger partial charge in [0.2, 0.25) is 10.0 Å². The second-order valence-electron chi connectivity index (χ2n) is 9.68. The van der Waals surface area contributed by atoms with Crippen molar-refractivity contribution >= 4 is 33.8 Å². The number of carbonyl (C=O) groups excluding carboxylic acids is 1. The second kappa shape index (κ2) is 13.8. The molecule has 214 valence electrons. The monoisotopic (exact) mass is 586 g/mol. The van der Waals surface area contributed by atoms with Crippen LogP contribution < -0.4 is 4.72 Å². The average Bonchev–Trinajstić information content (AvgIpc) is 2.89. The van der Waals surface area contributed by atoms with Gasteiger partial charge in [0.15, 0.2) is 0 Å². The van der Waals surface area contributed by atoms with Crippen LogP contribution in [0.2, 0.25) is 0 Å². The smallest absolute Gasteiger partial charge is 0.407 e. The molecule has 2 atom stereocenters. The van der Waals surface area contributed by atoms with Gasteiger partial charge < -0.3 is 15.3 Å². The molecule has 0 saturated heterocycles. The average molecular weight is 587 g/mol. The van der Waals surface area contributed by atoms with Gasteiger partial charge in [0, 0.05) is 10.1 Å². The lowest BCUT2D eigenvalue weighted by Crippen LogP contribution is -2.45. The van der Waals surface area contributed by atoms with Crippen molar-refractivity contribution in [2.45, 2.75) is 42.6 Å². The fraction of sp³-hybridized carbons (Fsp3) is 0.310.